The minimum absolute atomic E-state index is 0.0993. The van der Waals surface area contributed by atoms with E-state index in [0.717, 1.165) is 12.1 Å². The molecule has 0 spiro atoms. The molecule has 0 bridgehead atoms. The van der Waals surface area contributed by atoms with Crippen LogP contribution in [0, 0.1) is 0 Å². The summed E-state index contributed by atoms with van der Waals surface area (Å²) in [4.78, 5) is 14.8. The number of carbonyl (C=O) groups is 1. The van der Waals surface area contributed by atoms with E-state index in [1.54, 1.807) is 18.2 Å². The van der Waals surface area contributed by atoms with Crippen molar-refractivity contribution in [3.8, 4) is 0 Å². The van der Waals surface area contributed by atoms with Gasteiger partial charge in [0.2, 0.25) is 5.91 Å². The molecule has 3 rings (SSSR count). The fourth-order valence-electron chi connectivity index (χ4n) is 3.14. The van der Waals surface area contributed by atoms with E-state index in [2.05, 4.69) is 29.3 Å². The van der Waals surface area contributed by atoms with Crippen LogP contribution in [-0.2, 0) is 11.2 Å². The molecule has 1 aliphatic heterocycles. The van der Waals surface area contributed by atoms with Crippen LogP contribution in [0.15, 0.2) is 42.5 Å². The zero-order chi connectivity index (χ0) is 16.6. The summed E-state index contributed by atoms with van der Waals surface area (Å²) in [6.45, 7) is 4.04. The summed E-state index contributed by atoms with van der Waals surface area (Å²) >= 11 is 12.1. The van der Waals surface area contributed by atoms with Crippen molar-refractivity contribution < 1.29 is 4.79 Å². The van der Waals surface area contributed by atoms with E-state index in [1.165, 1.54) is 5.56 Å². The topological polar surface area (TPSA) is 32.3 Å². The third-order valence-corrected chi connectivity index (χ3v) is 4.81. The van der Waals surface area contributed by atoms with Crippen LogP contribution in [-0.4, -0.2) is 18.0 Å². The Morgan fingerprint density at radius 2 is 2.00 bits per heavy atom. The second-order valence-electron chi connectivity index (χ2n) is 5.88. The van der Waals surface area contributed by atoms with E-state index in [4.69, 9.17) is 23.2 Å². The molecule has 1 aliphatic rings. The molecule has 120 valence electrons. The number of hydrogen-bond donors (Lipinski definition) is 1. The Bertz CT molecular complexity index is 748. The van der Waals surface area contributed by atoms with Gasteiger partial charge in [-0.15, -0.1) is 0 Å². The average Bonchev–Trinajstić information content (AvgIpc) is 2.86. The standard InChI is InChI=1S/C18H18Cl2N2O/c1-11-9-13-5-3-4-6-17(13)22(11)12(2)18(23)21-16-10-14(19)7-8-15(16)20/h3-8,10-12H,9H2,1-2H3,(H,21,23)/t11-,12+/m1/s1. The molecule has 3 nitrogen and oxygen atoms in total. The maximum atomic E-state index is 12.7. The zero-order valence-electron chi connectivity index (χ0n) is 13.0. The van der Waals surface area contributed by atoms with E-state index in [1.807, 2.05) is 19.1 Å². The van der Waals surface area contributed by atoms with Crippen LogP contribution < -0.4 is 10.2 Å². The summed E-state index contributed by atoms with van der Waals surface area (Å²) in [5, 5.41) is 3.90. The first-order valence-electron chi connectivity index (χ1n) is 7.59. The highest BCUT2D eigenvalue weighted by Crippen LogP contribution is 2.34. The first-order chi connectivity index (χ1) is 11.0. The summed E-state index contributed by atoms with van der Waals surface area (Å²) in [6, 6.07) is 13.2. The predicted octanol–water partition coefficient (Wildman–Crippen LogP) is 4.77. The molecule has 1 N–H and O–H groups in total. The zero-order valence-corrected chi connectivity index (χ0v) is 14.5. The average molecular weight is 349 g/mol. The molecule has 0 saturated carbocycles. The molecule has 2 atom stereocenters. The lowest BCUT2D eigenvalue weighted by molar-refractivity contribution is -0.117. The SMILES string of the molecule is C[C@@H]1Cc2ccccc2N1[C@@H](C)C(=O)Nc1cc(Cl)ccc1Cl. The normalized spacial score (nSPS) is 17.7. The Morgan fingerprint density at radius 1 is 1.26 bits per heavy atom. The summed E-state index contributed by atoms with van der Waals surface area (Å²) in [7, 11) is 0. The summed E-state index contributed by atoms with van der Waals surface area (Å²) in [6.07, 6.45) is 0.950. The Morgan fingerprint density at radius 3 is 2.78 bits per heavy atom. The van der Waals surface area contributed by atoms with Crippen molar-refractivity contribution in [2.75, 3.05) is 10.2 Å². The van der Waals surface area contributed by atoms with E-state index < -0.39 is 0 Å². The largest absolute Gasteiger partial charge is 0.357 e. The van der Waals surface area contributed by atoms with Gasteiger partial charge in [0.25, 0.3) is 0 Å². The molecule has 2 aromatic rings. The number of nitrogens with one attached hydrogen (secondary N) is 1. The van der Waals surface area contributed by atoms with Crippen LogP contribution in [0.1, 0.15) is 19.4 Å². The van der Waals surface area contributed by atoms with Crippen molar-refractivity contribution in [2.45, 2.75) is 32.4 Å². The van der Waals surface area contributed by atoms with Crippen LogP contribution >= 0.6 is 23.2 Å². The van der Waals surface area contributed by atoms with Gasteiger partial charge in [0.05, 0.1) is 10.7 Å². The van der Waals surface area contributed by atoms with Gasteiger partial charge in [0, 0.05) is 16.8 Å². The maximum absolute atomic E-state index is 12.7. The van der Waals surface area contributed by atoms with Gasteiger partial charge in [-0.2, -0.15) is 0 Å². The monoisotopic (exact) mass is 348 g/mol. The molecular formula is C18H18Cl2N2O. The van der Waals surface area contributed by atoms with Crippen LogP contribution in [0.25, 0.3) is 0 Å². The number of benzene rings is 2. The molecule has 0 unspecified atom stereocenters. The lowest BCUT2D eigenvalue weighted by Gasteiger charge is -2.31. The lowest BCUT2D eigenvalue weighted by atomic mass is 10.1. The van der Waals surface area contributed by atoms with Crippen LogP contribution in [0.2, 0.25) is 10.0 Å². The highest BCUT2D eigenvalue weighted by atomic mass is 35.5. The quantitative estimate of drug-likeness (QED) is 0.866. The van der Waals surface area contributed by atoms with Crippen molar-refractivity contribution in [1.29, 1.82) is 0 Å². The Labute approximate surface area is 146 Å². The van der Waals surface area contributed by atoms with E-state index in [-0.39, 0.29) is 18.0 Å². The van der Waals surface area contributed by atoms with E-state index in [9.17, 15) is 4.79 Å². The smallest absolute Gasteiger partial charge is 0.246 e. The highest BCUT2D eigenvalue weighted by molar-refractivity contribution is 6.35. The van der Waals surface area contributed by atoms with Gasteiger partial charge < -0.3 is 10.2 Å². The van der Waals surface area contributed by atoms with Gasteiger partial charge in [0.15, 0.2) is 0 Å². The Hall–Kier alpha value is -1.71. The number of nitrogens with zero attached hydrogens (tertiary/aromatic N) is 1. The van der Waals surface area contributed by atoms with Crippen LogP contribution in [0.4, 0.5) is 11.4 Å². The Kier molecular flexibility index (Phi) is 4.51. The van der Waals surface area contributed by atoms with Crippen molar-refractivity contribution >= 4 is 40.5 Å². The van der Waals surface area contributed by atoms with Crippen molar-refractivity contribution in [3.05, 3.63) is 58.1 Å². The van der Waals surface area contributed by atoms with Gasteiger partial charge in [0.1, 0.15) is 6.04 Å². The molecule has 0 fully saturated rings. The van der Waals surface area contributed by atoms with Crippen molar-refractivity contribution in [1.82, 2.24) is 0 Å². The van der Waals surface area contributed by atoms with Gasteiger partial charge >= 0.3 is 0 Å². The number of halogens is 2. The maximum Gasteiger partial charge on any atom is 0.246 e. The Balaban J connectivity index is 1.81. The van der Waals surface area contributed by atoms with Crippen molar-refractivity contribution in [3.63, 3.8) is 0 Å². The molecule has 0 aliphatic carbocycles. The number of hydrogen-bond acceptors (Lipinski definition) is 2. The molecule has 5 heteroatoms. The van der Waals surface area contributed by atoms with E-state index >= 15 is 0 Å². The molecule has 0 aromatic heterocycles. The first kappa shape index (κ1) is 16.2. The number of amides is 1. The van der Waals surface area contributed by atoms with Gasteiger partial charge in [-0.3, -0.25) is 4.79 Å². The molecule has 2 aromatic carbocycles. The second kappa shape index (κ2) is 6.42. The van der Waals surface area contributed by atoms with Crippen molar-refractivity contribution in [2.24, 2.45) is 0 Å². The minimum atomic E-state index is -0.302. The van der Waals surface area contributed by atoms with E-state index in [0.29, 0.717) is 15.7 Å². The second-order valence-corrected chi connectivity index (χ2v) is 6.72. The molecule has 1 heterocycles. The van der Waals surface area contributed by atoms with Gasteiger partial charge in [-0.1, -0.05) is 41.4 Å². The van der Waals surface area contributed by atoms with Gasteiger partial charge in [-0.05, 0) is 50.1 Å². The number of para-hydroxylation sites is 1. The lowest BCUT2D eigenvalue weighted by Crippen LogP contribution is -2.45. The number of anilines is 2. The molecule has 1 amide bonds. The first-order valence-corrected chi connectivity index (χ1v) is 8.35. The van der Waals surface area contributed by atoms with Gasteiger partial charge in [-0.25, -0.2) is 0 Å². The molecular weight excluding hydrogens is 331 g/mol. The number of fused-ring (bicyclic) bond motifs is 1. The fourth-order valence-corrected chi connectivity index (χ4v) is 3.47. The number of rotatable bonds is 3. The molecule has 23 heavy (non-hydrogen) atoms. The third-order valence-electron chi connectivity index (χ3n) is 4.24. The molecule has 0 radical (unpaired) electrons. The fraction of sp³-hybridized carbons (Fsp3) is 0.278. The minimum Gasteiger partial charge on any atom is -0.357 e. The summed E-state index contributed by atoms with van der Waals surface area (Å²) in [5.74, 6) is -0.0993. The number of carbonyl (C=O) groups excluding carboxylic acids is 1. The van der Waals surface area contributed by atoms with Crippen LogP contribution in [0.3, 0.4) is 0 Å². The predicted molar refractivity (Wildman–Crippen MR) is 96.6 cm³/mol. The summed E-state index contributed by atoms with van der Waals surface area (Å²) < 4.78 is 0. The highest BCUT2D eigenvalue weighted by Gasteiger charge is 2.32. The summed E-state index contributed by atoms with van der Waals surface area (Å²) in [5.41, 5.74) is 2.94. The molecule has 0 saturated heterocycles. The third kappa shape index (κ3) is 3.17. The van der Waals surface area contributed by atoms with Crippen LogP contribution in [0.5, 0.6) is 0 Å².